The van der Waals surface area contributed by atoms with Crippen LogP contribution in [0.3, 0.4) is 0 Å². The first-order chi connectivity index (χ1) is 9.69. The minimum absolute atomic E-state index is 0.216. The molecule has 0 aliphatic heterocycles. The third kappa shape index (κ3) is 3.66. The fourth-order valence-corrected chi connectivity index (χ4v) is 1.67. The van der Waals surface area contributed by atoms with Gasteiger partial charge in [-0.25, -0.2) is 9.78 Å². The number of rotatable bonds is 4. The number of aromatic nitrogens is 1. The van der Waals surface area contributed by atoms with Gasteiger partial charge in [-0.1, -0.05) is 29.8 Å². The lowest BCUT2D eigenvalue weighted by Gasteiger charge is -2.05. The molecule has 0 spiro atoms. The second-order valence-electron chi connectivity index (χ2n) is 4.42. The summed E-state index contributed by atoms with van der Waals surface area (Å²) in [6, 6.07) is 13.1. The SMILES string of the molecule is Cc1ccc(CCOC(=O)c2ccc(C#N)cn2)cc1. The van der Waals surface area contributed by atoms with Crippen molar-refractivity contribution >= 4 is 5.97 Å². The maximum absolute atomic E-state index is 11.7. The first-order valence-electron chi connectivity index (χ1n) is 6.28. The van der Waals surface area contributed by atoms with E-state index in [0.29, 0.717) is 18.6 Å². The highest BCUT2D eigenvalue weighted by Crippen LogP contribution is 2.05. The van der Waals surface area contributed by atoms with E-state index in [1.54, 1.807) is 6.07 Å². The second kappa shape index (κ2) is 6.48. The van der Waals surface area contributed by atoms with Gasteiger partial charge in [0.25, 0.3) is 0 Å². The van der Waals surface area contributed by atoms with Crippen LogP contribution in [-0.2, 0) is 11.2 Å². The summed E-state index contributed by atoms with van der Waals surface area (Å²) in [6.07, 6.45) is 2.03. The average molecular weight is 266 g/mol. The number of benzene rings is 1. The molecule has 1 heterocycles. The first kappa shape index (κ1) is 13.8. The quantitative estimate of drug-likeness (QED) is 0.798. The standard InChI is InChI=1S/C16H14N2O2/c1-12-2-4-13(5-3-12)8-9-20-16(19)15-7-6-14(10-17)11-18-15/h2-7,11H,8-9H2,1H3. The molecule has 0 bridgehead atoms. The molecule has 1 aromatic carbocycles. The molecule has 2 rings (SSSR count). The molecule has 0 unspecified atom stereocenters. The number of pyridine rings is 1. The van der Waals surface area contributed by atoms with Crippen molar-refractivity contribution in [2.75, 3.05) is 6.61 Å². The lowest BCUT2D eigenvalue weighted by molar-refractivity contribution is 0.0502. The summed E-state index contributed by atoms with van der Waals surface area (Å²) in [5, 5.41) is 8.65. The molecule has 0 N–H and O–H groups in total. The molecule has 2 aromatic rings. The van der Waals surface area contributed by atoms with E-state index in [2.05, 4.69) is 4.98 Å². The maximum Gasteiger partial charge on any atom is 0.356 e. The zero-order valence-corrected chi connectivity index (χ0v) is 11.2. The van der Waals surface area contributed by atoms with Crippen LogP contribution >= 0.6 is 0 Å². The molecule has 0 radical (unpaired) electrons. The van der Waals surface area contributed by atoms with Gasteiger partial charge >= 0.3 is 5.97 Å². The number of carbonyl (C=O) groups excluding carboxylic acids is 1. The van der Waals surface area contributed by atoms with Gasteiger partial charge in [0.05, 0.1) is 12.2 Å². The van der Waals surface area contributed by atoms with Crippen molar-refractivity contribution < 1.29 is 9.53 Å². The van der Waals surface area contributed by atoms with Gasteiger partial charge in [-0.15, -0.1) is 0 Å². The minimum Gasteiger partial charge on any atom is -0.461 e. The summed E-state index contributed by atoms with van der Waals surface area (Å²) in [5.41, 5.74) is 2.96. The molecule has 0 saturated carbocycles. The van der Waals surface area contributed by atoms with Gasteiger partial charge in [0, 0.05) is 12.6 Å². The Morgan fingerprint density at radius 3 is 2.60 bits per heavy atom. The molecule has 0 fully saturated rings. The van der Waals surface area contributed by atoms with E-state index in [1.807, 2.05) is 37.3 Å². The molecule has 100 valence electrons. The van der Waals surface area contributed by atoms with Crippen LogP contribution in [0.25, 0.3) is 0 Å². The highest BCUT2D eigenvalue weighted by Gasteiger charge is 2.08. The van der Waals surface area contributed by atoms with Crippen LogP contribution in [-0.4, -0.2) is 17.6 Å². The summed E-state index contributed by atoms with van der Waals surface area (Å²) in [5.74, 6) is -0.471. The van der Waals surface area contributed by atoms with Crippen molar-refractivity contribution in [3.05, 3.63) is 65.0 Å². The van der Waals surface area contributed by atoms with Crippen molar-refractivity contribution in [1.29, 1.82) is 5.26 Å². The fourth-order valence-electron chi connectivity index (χ4n) is 1.67. The summed E-state index contributed by atoms with van der Waals surface area (Å²) >= 11 is 0. The minimum atomic E-state index is -0.471. The highest BCUT2D eigenvalue weighted by molar-refractivity contribution is 5.87. The molecule has 0 aliphatic carbocycles. The Kier molecular flexibility index (Phi) is 4.46. The number of carbonyl (C=O) groups is 1. The summed E-state index contributed by atoms with van der Waals surface area (Å²) < 4.78 is 5.15. The number of esters is 1. The van der Waals surface area contributed by atoms with Crippen LogP contribution < -0.4 is 0 Å². The van der Waals surface area contributed by atoms with Crippen molar-refractivity contribution in [2.45, 2.75) is 13.3 Å². The van der Waals surface area contributed by atoms with E-state index in [9.17, 15) is 4.79 Å². The van der Waals surface area contributed by atoms with Gasteiger partial charge in [0.2, 0.25) is 0 Å². The number of hydrogen-bond acceptors (Lipinski definition) is 4. The molecule has 1 aromatic heterocycles. The highest BCUT2D eigenvalue weighted by atomic mass is 16.5. The van der Waals surface area contributed by atoms with Gasteiger partial charge in [-0.3, -0.25) is 0 Å². The average Bonchev–Trinajstić information content (AvgIpc) is 2.49. The Morgan fingerprint density at radius 2 is 2.00 bits per heavy atom. The first-order valence-corrected chi connectivity index (χ1v) is 6.28. The van der Waals surface area contributed by atoms with Crippen LogP contribution in [0.15, 0.2) is 42.6 Å². The third-order valence-corrected chi connectivity index (χ3v) is 2.85. The monoisotopic (exact) mass is 266 g/mol. The molecule has 0 aliphatic rings. The van der Waals surface area contributed by atoms with Crippen LogP contribution in [0.1, 0.15) is 27.2 Å². The predicted molar refractivity (Wildman–Crippen MR) is 74.1 cm³/mol. The summed E-state index contributed by atoms with van der Waals surface area (Å²) in [4.78, 5) is 15.6. The van der Waals surface area contributed by atoms with Gasteiger partial charge < -0.3 is 4.74 Å². The van der Waals surface area contributed by atoms with Gasteiger partial charge in [0.1, 0.15) is 11.8 Å². The van der Waals surface area contributed by atoms with E-state index in [1.165, 1.54) is 17.8 Å². The van der Waals surface area contributed by atoms with E-state index < -0.39 is 5.97 Å². The summed E-state index contributed by atoms with van der Waals surface area (Å²) in [6.45, 7) is 2.34. The molecule has 4 nitrogen and oxygen atoms in total. The van der Waals surface area contributed by atoms with Gasteiger partial charge in [-0.05, 0) is 24.6 Å². The van der Waals surface area contributed by atoms with Crippen LogP contribution in [0, 0.1) is 18.3 Å². The number of nitriles is 1. The zero-order valence-electron chi connectivity index (χ0n) is 11.2. The second-order valence-corrected chi connectivity index (χ2v) is 4.42. The molecule has 0 amide bonds. The number of nitrogens with zero attached hydrogens (tertiary/aromatic N) is 2. The van der Waals surface area contributed by atoms with Crippen molar-refractivity contribution in [3.63, 3.8) is 0 Å². The van der Waals surface area contributed by atoms with E-state index in [0.717, 1.165) is 5.56 Å². The Balaban J connectivity index is 1.85. The normalized spacial score (nSPS) is 9.80. The lowest BCUT2D eigenvalue weighted by Crippen LogP contribution is -2.09. The predicted octanol–water partition coefficient (Wildman–Crippen LogP) is 2.66. The molecular weight excluding hydrogens is 252 g/mol. The van der Waals surface area contributed by atoms with E-state index in [4.69, 9.17) is 10.00 Å². The number of ether oxygens (including phenoxy) is 1. The zero-order chi connectivity index (χ0) is 14.4. The van der Waals surface area contributed by atoms with Crippen LogP contribution in [0.4, 0.5) is 0 Å². The lowest BCUT2D eigenvalue weighted by atomic mass is 10.1. The van der Waals surface area contributed by atoms with Gasteiger partial charge in [-0.2, -0.15) is 5.26 Å². The van der Waals surface area contributed by atoms with Gasteiger partial charge in [0.15, 0.2) is 0 Å². The fraction of sp³-hybridized carbons (Fsp3) is 0.188. The number of hydrogen-bond donors (Lipinski definition) is 0. The third-order valence-electron chi connectivity index (χ3n) is 2.85. The molecule has 4 heteroatoms. The smallest absolute Gasteiger partial charge is 0.356 e. The van der Waals surface area contributed by atoms with E-state index >= 15 is 0 Å². The Bertz CT molecular complexity index is 625. The van der Waals surface area contributed by atoms with Crippen LogP contribution in [0.5, 0.6) is 0 Å². The maximum atomic E-state index is 11.7. The van der Waals surface area contributed by atoms with E-state index in [-0.39, 0.29) is 5.69 Å². The van der Waals surface area contributed by atoms with Crippen LogP contribution in [0.2, 0.25) is 0 Å². The van der Waals surface area contributed by atoms with Crippen molar-refractivity contribution in [2.24, 2.45) is 0 Å². The Labute approximate surface area is 117 Å². The molecular formula is C16H14N2O2. The topological polar surface area (TPSA) is 63.0 Å². The molecule has 0 saturated heterocycles. The van der Waals surface area contributed by atoms with Crippen molar-refractivity contribution in [3.8, 4) is 6.07 Å². The Morgan fingerprint density at radius 1 is 1.25 bits per heavy atom. The van der Waals surface area contributed by atoms with Crippen molar-refractivity contribution in [1.82, 2.24) is 4.98 Å². The number of aryl methyl sites for hydroxylation is 1. The summed E-state index contributed by atoms with van der Waals surface area (Å²) in [7, 11) is 0. The Hall–Kier alpha value is -2.67. The molecule has 20 heavy (non-hydrogen) atoms. The largest absolute Gasteiger partial charge is 0.461 e. The molecule has 0 atom stereocenters.